The predicted octanol–water partition coefficient (Wildman–Crippen LogP) is 0.680. The molecule has 0 aromatic heterocycles. The van der Waals surface area contributed by atoms with Crippen molar-refractivity contribution in [3.63, 3.8) is 0 Å². The van der Waals surface area contributed by atoms with Crippen molar-refractivity contribution in [2.75, 3.05) is 19.3 Å². The highest BCUT2D eigenvalue weighted by atomic mass is 32.2. The molecule has 52 valence electrons. The lowest BCUT2D eigenvalue weighted by molar-refractivity contribution is 0.174. The van der Waals surface area contributed by atoms with Crippen LogP contribution in [-0.4, -0.2) is 30.3 Å². The van der Waals surface area contributed by atoms with Crippen LogP contribution in [-0.2, 0) is 0 Å². The van der Waals surface area contributed by atoms with Crippen molar-refractivity contribution in [3.05, 3.63) is 0 Å². The first-order valence-corrected chi connectivity index (χ1v) is 4.15. The largest absolute Gasteiger partial charge is 0.327 e. The Labute approximate surface area is 58.9 Å². The standard InChI is InChI=1S/C5H10N2OS/c1-9-6-5(8)7-3-2-4-7/h2-4H2,1H3,(H,6,8). The second kappa shape index (κ2) is 2.96. The van der Waals surface area contributed by atoms with Crippen molar-refractivity contribution < 1.29 is 4.79 Å². The summed E-state index contributed by atoms with van der Waals surface area (Å²) in [7, 11) is 0. The highest BCUT2D eigenvalue weighted by Gasteiger charge is 2.18. The molecule has 9 heavy (non-hydrogen) atoms. The molecule has 1 fully saturated rings. The quantitative estimate of drug-likeness (QED) is 0.552. The molecule has 3 nitrogen and oxygen atoms in total. The zero-order chi connectivity index (χ0) is 6.69. The fourth-order valence-corrected chi connectivity index (χ4v) is 0.975. The van der Waals surface area contributed by atoms with Crippen molar-refractivity contribution in [2.45, 2.75) is 6.42 Å². The van der Waals surface area contributed by atoms with Crippen LogP contribution in [0.4, 0.5) is 4.79 Å². The number of amides is 2. The zero-order valence-corrected chi connectivity index (χ0v) is 6.20. The van der Waals surface area contributed by atoms with Crippen molar-refractivity contribution in [2.24, 2.45) is 0 Å². The van der Waals surface area contributed by atoms with Gasteiger partial charge in [-0.25, -0.2) is 4.79 Å². The molecule has 0 unspecified atom stereocenters. The average Bonchev–Trinajstić information content (AvgIpc) is 1.60. The summed E-state index contributed by atoms with van der Waals surface area (Å²) in [5.41, 5.74) is 0. The summed E-state index contributed by atoms with van der Waals surface area (Å²) >= 11 is 1.35. The van der Waals surface area contributed by atoms with Crippen LogP contribution < -0.4 is 4.72 Å². The van der Waals surface area contributed by atoms with E-state index in [2.05, 4.69) is 4.72 Å². The van der Waals surface area contributed by atoms with Gasteiger partial charge < -0.3 is 4.90 Å². The van der Waals surface area contributed by atoms with E-state index in [1.54, 1.807) is 4.90 Å². The van der Waals surface area contributed by atoms with Crippen LogP contribution in [0.5, 0.6) is 0 Å². The van der Waals surface area contributed by atoms with Gasteiger partial charge >= 0.3 is 6.03 Å². The molecule has 0 saturated carbocycles. The Bertz CT molecular complexity index is 114. The summed E-state index contributed by atoms with van der Waals surface area (Å²) in [5, 5.41) is 0. The van der Waals surface area contributed by atoms with Gasteiger partial charge in [0.05, 0.1) is 0 Å². The minimum atomic E-state index is 0.0498. The summed E-state index contributed by atoms with van der Waals surface area (Å²) in [6.45, 7) is 1.85. The first kappa shape index (κ1) is 6.74. The molecule has 2 amide bonds. The highest BCUT2D eigenvalue weighted by molar-refractivity contribution is 7.97. The van der Waals surface area contributed by atoms with E-state index >= 15 is 0 Å². The molecular formula is C5H10N2OS. The number of urea groups is 1. The maximum Gasteiger partial charge on any atom is 0.327 e. The SMILES string of the molecule is CSNC(=O)N1CCC1. The summed E-state index contributed by atoms with van der Waals surface area (Å²) in [4.78, 5) is 12.6. The first-order chi connectivity index (χ1) is 4.34. The van der Waals surface area contributed by atoms with E-state index < -0.39 is 0 Å². The second-order valence-electron chi connectivity index (χ2n) is 1.95. The van der Waals surface area contributed by atoms with Crippen LogP contribution in [0.25, 0.3) is 0 Å². The normalized spacial score (nSPS) is 16.8. The molecular weight excluding hydrogens is 136 g/mol. The molecule has 1 heterocycles. The third kappa shape index (κ3) is 1.51. The van der Waals surface area contributed by atoms with Crippen LogP contribution in [0.1, 0.15) is 6.42 Å². The lowest BCUT2D eigenvalue weighted by Gasteiger charge is -2.30. The molecule has 0 atom stereocenters. The Morgan fingerprint density at radius 2 is 2.33 bits per heavy atom. The van der Waals surface area contributed by atoms with Crippen LogP contribution in [0.2, 0.25) is 0 Å². The molecule has 0 aromatic rings. The van der Waals surface area contributed by atoms with Crippen molar-refractivity contribution >= 4 is 18.0 Å². The van der Waals surface area contributed by atoms with Crippen LogP contribution in [0.3, 0.4) is 0 Å². The average molecular weight is 146 g/mol. The predicted molar refractivity (Wildman–Crippen MR) is 38.2 cm³/mol. The molecule has 1 rings (SSSR count). The number of hydrogen-bond acceptors (Lipinski definition) is 2. The molecule has 0 aliphatic carbocycles. The molecule has 1 aliphatic rings. The maximum atomic E-state index is 10.8. The van der Waals surface area contributed by atoms with E-state index in [0.717, 1.165) is 19.5 Å². The Morgan fingerprint density at radius 1 is 1.67 bits per heavy atom. The van der Waals surface area contributed by atoms with Gasteiger partial charge in [-0.15, -0.1) is 0 Å². The van der Waals surface area contributed by atoms with E-state index in [1.165, 1.54) is 11.9 Å². The van der Waals surface area contributed by atoms with Crippen molar-refractivity contribution in [1.82, 2.24) is 9.62 Å². The smallest absolute Gasteiger partial charge is 0.324 e. The van der Waals surface area contributed by atoms with Crippen LogP contribution in [0.15, 0.2) is 0 Å². The van der Waals surface area contributed by atoms with Gasteiger partial charge in [0.25, 0.3) is 0 Å². The van der Waals surface area contributed by atoms with Gasteiger partial charge in [-0.1, -0.05) is 11.9 Å². The van der Waals surface area contributed by atoms with Gasteiger partial charge in [0, 0.05) is 19.3 Å². The lowest BCUT2D eigenvalue weighted by Crippen LogP contribution is -2.45. The monoisotopic (exact) mass is 146 g/mol. The third-order valence-corrected chi connectivity index (χ3v) is 1.71. The van der Waals surface area contributed by atoms with Gasteiger partial charge in [0.2, 0.25) is 0 Å². The Hall–Kier alpha value is -0.380. The Balaban J connectivity index is 2.16. The number of nitrogens with one attached hydrogen (secondary N) is 1. The molecule has 4 heteroatoms. The fourth-order valence-electron chi connectivity index (χ4n) is 0.671. The van der Waals surface area contributed by atoms with Gasteiger partial charge in [-0.3, -0.25) is 4.72 Å². The first-order valence-electron chi connectivity index (χ1n) is 2.92. The van der Waals surface area contributed by atoms with E-state index in [0.29, 0.717) is 0 Å². The van der Waals surface area contributed by atoms with E-state index in [4.69, 9.17) is 0 Å². The van der Waals surface area contributed by atoms with Gasteiger partial charge in [0.1, 0.15) is 0 Å². The summed E-state index contributed by atoms with van der Waals surface area (Å²) in [6, 6.07) is 0.0498. The molecule has 1 aliphatic heterocycles. The lowest BCUT2D eigenvalue weighted by atomic mass is 10.2. The van der Waals surface area contributed by atoms with Gasteiger partial charge in [0.15, 0.2) is 0 Å². The number of carbonyl (C=O) groups excluding carboxylic acids is 1. The Morgan fingerprint density at radius 3 is 2.67 bits per heavy atom. The minimum absolute atomic E-state index is 0.0498. The topological polar surface area (TPSA) is 32.3 Å². The highest BCUT2D eigenvalue weighted by Crippen LogP contribution is 2.05. The second-order valence-corrected chi connectivity index (χ2v) is 2.56. The fraction of sp³-hybridized carbons (Fsp3) is 0.800. The number of hydrogen-bond donors (Lipinski definition) is 1. The minimum Gasteiger partial charge on any atom is -0.324 e. The molecule has 0 spiro atoms. The van der Waals surface area contributed by atoms with Crippen LogP contribution >= 0.6 is 11.9 Å². The third-order valence-electron chi connectivity index (χ3n) is 1.33. The van der Waals surface area contributed by atoms with E-state index in [1.807, 2.05) is 6.26 Å². The number of carbonyl (C=O) groups is 1. The summed E-state index contributed by atoms with van der Waals surface area (Å²) < 4.78 is 2.65. The van der Waals surface area contributed by atoms with Gasteiger partial charge in [-0.05, 0) is 6.42 Å². The molecule has 1 saturated heterocycles. The van der Waals surface area contributed by atoms with Crippen molar-refractivity contribution in [1.29, 1.82) is 0 Å². The van der Waals surface area contributed by atoms with Crippen molar-refractivity contribution in [3.8, 4) is 0 Å². The van der Waals surface area contributed by atoms with Gasteiger partial charge in [-0.2, -0.15) is 0 Å². The summed E-state index contributed by atoms with van der Waals surface area (Å²) in [6.07, 6.45) is 3.00. The number of nitrogens with zero attached hydrogens (tertiary/aromatic N) is 1. The van der Waals surface area contributed by atoms with E-state index in [-0.39, 0.29) is 6.03 Å². The zero-order valence-electron chi connectivity index (χ0n) is 5.39. The number of likely N-dealkylation sites (tertiary alicyclic amines) is 1. The van der Waals surface area contributed by atoms with E-state index in [9.17, 15) is 4.79 Å². The Kier molecular flexibility index (Phi) is 2.22. The molecule has 1 N–H and O–H groups in total. The van der Waals surface area contributed by atoms with Crippen LogP contribution in [0, 0.1) is 0 Å². The molecule has 0 radical (unpaired) electrons. The maximum absolute atomic E-state index is 10.8. The summed E-state index contributed by atoms with van der Waals surface area (Å²) in [5.74, 6) is 0. The molecule has 0 aromatic carbocycles. The number of rotatable bonds is 1. The molecule has 0 bridgehead atoms.